The molecule has 0 saturated carbocycles. The summed E-state index contributed by atoms with van der Waals surface area (Å²) in [5.41, 5.74) is 1.18. The molecular weight excluding hydrogens is 460 g/mol. The average Bonchev–Trinajstić information content (AvgIpc) is 2.70. The minimum atomic E-state index is -3.62. The third kappa shape index (κ3) is 5.60. The van der Waals surface area contributed by atoms with Crippen molar-refractivity contribution in [2.24, 2.45) is 0 Å². The van der Waals surface area contributed by atoms with Crippen LogP contribution < -0.4 is 10.0 Å². The Morgan fingerprint density at radius 1 is 0.893 bits per heavy atom. The number of thioether (sulfide) groups is 1. The van der Waals surface area contributed by atoms with Gasteiger partial charge in [0.15, 0.2) is 0 Å². The molecule has 5 nitrogen and oxygen atoms in total. The fourth-order valence-electron chi connectivity index (χ4n) is 2.33. The molecule has 0 aliphatic heterocycles. The van der Waals surface area contributed by atoms with Gasteiger partial charge in [-0.3, -0.25) is 9.52 Å². The number of anilines is 2. The van der Waals surface area contributed by atoms with Crippen LogP contribution in [0.25, 0.3) is 0 Å². The highest BCUT2D eigenvalue weighted by Crippen LogP contribution is 2.24. The van der Waals surface area contributed by atoms with Gasteiger partial charge < -0.3 is 5.32 Å². The SMILES string of the molecule is O=C(CSc1ccc(NS(=O)(=O)c2ccccc2)cc1)Nc1ccccc1Br. The maximum absolute atomic E-state index is 12.3. The predicted octanol–water partition coefficient (Wildman–Crippen LogP) is 4.98. The third-order valence-corrected chi connectivity index (χ3v) is 6.78. The van der Waals surface area contributed by atoms with Crippen LogP contribution in [0.4, 0.5) is 11.4 Å². The van der Waals surface area contributed by atoms with Crippen molar-refractivity contribution in [3.63, 3.8) is 0 Å². The molecule has 0 aliphatic carbocycles. The number of sulfonamides is 1. The van der Waals surface area contributed by atoms with Crippen molar-refractivity contribution >= 4 is 55.0 Å². The number of hydrogen-bond acceptors (Lipinski definition) is 4. The van der Waals surface area contributed by atoms with Gasteiger partial charge in [-0.05, 0) is 64.5 Å². The first kappa shape index (κ1) is 20.4. The molecule has 0 fully saturated rings. The molecule has 144 valence electrons. The van der Waals surface area contributed by atoms with Gasteiger partial charge in [0, 0.05) is 15.1 Å². The average molecular weight is 477 g/mol. The van der Waals surface area contributed by atoms with Crippen LogP contribution in [0.5, 0.6) is 0 Å². The van der Waals surface area contributed by atoms with Crippen LogP contribution in [0.15, 0.2) is 93.1 Å². The molecule has 3 rings (SSSR count). The number of amides is 1. The molecule has 0 radical (unpaired) electrons. The summed E-state index contributed by atoms with van der Waals surface area (Å²) in [6, 6.07) is 22.5. The van der Waals surface area contributed by atoms with E-state index in [0.717, 1.165) is 15.1 Å². The van der Waals surface area contributed by atoms with Gasteiger partial charge in [-0.15, -0.1) is 11.8 Å². The van der Waals surface area contributed by atoms with Gasteiger partial charge in [-0.1, -0.05) is 30.3 Å². The van der Waals surface area contributed by atoms with Crippen molar-refractivity contribution in [1.82, 2.24) is 0 Å². The summed E-state index contributed by atoms with van der Waals surface area (Å²) in [4.78, 5) is 13.2. The lowest BCUT2D eigenvalue weighted by molar-refractivity contribution is -0.113. The number of carbonyl (C=O) groups excluding carboxylic acids is 1. The first-order valence-electron chi connectivity index (χ1n) is 8.29. The molecule has 3 aromatic carbocycles. The maximum atomic E-state index is 12.3. The largest absolute Gasteiger partial charge is 0.324 e. The fraction of sp³-hybridized carbons (Fsp3) is 0.0500. The maximum Gasteiger partial charge on any atom is 0.261 e. The minimum Gasteiger partial charge on any atom is -0.324 e. The molecule has 28 heavy (non-hydrogen) atoms. The Morgan fingerprint density at radius 3 is 2.21 bits per heavy atom. The number of carbonyl (C=O) groups is 1. The summed E-state index contributed by atoms with van der Waals surface area (Å²) in [5, 5.41) is 2.84. The van der Waals surface area contributed by atoms with E-state index in [9.17, 15) is 13.2 Å². The van der Waals surface area contributed by atoms with Crippen molar-refractivity contribution in [2.75, 3.05) is 15.8 Å². The lowest BCUT2D eigenvalue weighted by Crippen LogP contribution is -2.14. The highest BCUT2D eigenvalue weighted by Gasteiger charge is 2.13. The Morgan fingerprint density at radius 2 is 1.54 bits per heavy atom. The van der Waals surface area contributed by atoms with Gasteiger partial charge >= 0.3 is 0 Å². The normalized spacial score (nSPS) is 11.0. The van der Waals surface area contributed by atoms with E-state index in [2.05, 4.69) is 26.0 Å². The number of benzene rings is 3. The van der Waals surface area contributed by atoms with Crippen molar-refractivity contribution in [2.45, 2.75) is 9.79 Å². The van der Waals surface area contributed by atoms with E-state index in [1.54, 1.807) is 42.5 Å². The molecular formula is C20H17BrN2O3S2. The Kier molecular flexibility index (Phi) is 6.77. The van der Waals surface area contributed by atoms with E-state index >= 15 is 0 Å². The molecule has 0 aromatic heterocycles. The van der Waals surface area contributed by atoms with E-state index in [4.69, 9.17) is 0 Å². The Balaban J connectivity index is 1.56. The number of para-hydroxylation sites is 1. The zero-order chi connectivity index (χ0) is 20.0. The second-order valence-corrected chi connectivity index (χ2v) is 9.35. The summed E-state index contributed by atoms with van der Waals surface area (Å²) in [7, 11) is -3.62. The summed E-state index contributed by atoms with van der Waals surface area (Å²) in [5.74, 6) is 0.127. The molecule has 2 N–H and O–H groups in total. The van der Waals surface area contributed by atoms with Crippen LogP contribution in [0, 0.1) is 0 Å². The highest BCUT2D eigenvalue weighted by molar-refractivity contribution is 9.10. The van der Waals surface area contributed by atoms with Crippen LogP contribution in [0.3, 0.4) is 0 Å². The molecule has 0 atom stereocenters. The molecule has 1 amide bonds. The molecule has 0 saturated heterocycles. The lowest BCUT2D eigenvalue weighted by atomic mass is 10.3. The number of rotatable bonds is 7. The zero-order valence-corrected chi connectivity index (χ0v) is 17.9. The second-order valence-electron chi connectivity index (χ2n) is 5.76. The van der Waals surface area contributed by atoms with E-state index in [1.165, 1.54) is 23.9 Å². The Labute approximate surface area is 176 Å². The van der Waals surface area contributed by atoms with Crippen molar-refractivity contribution < 1.29 is 13.2 Å². The molecule has 0 aliphatic rings. The van der Waals surface area contributed by atoms with Gasteiger partial charge in [0.25, 0.3) is 10.0 Å². The smallest absolute Gasteiger partial charge is 0.261 e. The standard InChI is InChI=1S/C20H17BrN2O3S2/c21-18-8-4-5-9-19(18)22-20(24)14-27-16-12-10-15(11-13-16)23-28(25,26)17-6-2-1-3-7-17/h1-13,23H,14H2,(H,22,24). The molecule has 8 heteroatoms. The predicted molar refractivity (Wildman–Crippen MR) is 117 cm³/mol. The first-order chi connectivity index (χ1) is 13.4. The fourth-order valence-corrected chi connectivity index (χ4v) is 4.49. The number of hydrogen-bond donors (Lipinski definition) is 2. The van der Waals surface area contributed by atoms with Crippen LogP contribution in [0.2, 0.25) is 0 Å². The molecule has 0 heterocycles. The monoisotopic (exact) mass is 476 g/mol. The summed E-state index contributed by atoms with van der Waals surface area (Å²) in [6.07, 6.45) is 0. The van der Waals surface area contributed by atoms with Crippen molar-refractivity contribution in [1.29, 1.82) is 0 Å². The van der Waals surface area contributed by atoms with Crippen molar-refractivity contribution in [3.05, 3.63) is 83.3 Å². The number of halogens is 1. The summed E-state index contributed by atoms with van der Waals surface area (Å²) in [6.45, 7) is 0. The van der Waals surface area contributed by atoms with Crippen molar-refractivity contribution in [3.8, 4) is 0 Å². The molecule has 0 spiro atoms. The van der Waals surface area contributed by atoms with Crippen LogP contribution in [-0.2, 0) is 14.8 Å². The zero-order valence-electron chi connectivity index (χ0n) is 14.6. The third-order valence-electron chi connectivity index (χ3n) is 3.68. The molecule has 3 aromatic rings. The van der Waals surface area contributed by atoms with Gasteiger partial charge in [0.2, 0.25) is 5.91 Å². The quantitative estimate of drug-likeness (QED) is 0.471. The molecule has 0 bridgehead atoms. The highest BCUT2D eigenvalue weighted by atomic mass is 79.9. The van der Waals surface area contributed by atoms with Gasteiger partial charge in [0.05, 0.1) is 16.3 Å². The van der Waals surface area contributed by atoms with E-state index in [-0.39, 0.29) is 16.6 Å². The Bertz CT molecular complexity index is 1060. The summed E-state index contributed by atoms with van der Waals surface area (Å²) < 4.78 is 28.0. The van der Waals surface area contributed by atoms with Crippen LogP contribution in [0.1, 0.15) is 0 Å². The van der Waals surface area contributed by atoms with Gasteiger partial charge in [0.1, 0.15) is 0 Å². The van der Waals surface area contributed by atoms with Gasteiger partial charge in [-0.25, -0.2) is 8.42 Å². The minimum absolute atomic E-state index is 0.120. The summed E-state index contributed by atoms with van der Waals surface area (Å²) >= 11 is 4.76. The van der Waals surface area contributed by atoms with Gasteiger partial charge in [-0.2, -0.15) is 0 Å². The topological polar surface area (TPSA) is 75.3 Å². The first-order valence-corrected chi connectivity index (χ1v) is 11.6. The second kappa shape index (κ2) is 9.27. The lowest BCUT2D eigenvalue weighted by Gasteiger charge is -2.09. The van der Waals surface area contributed by atoms with Crippen LogP contribution in [-0.4, -0.2) is 20.1 Å². The molecule has 0 unspecified atom stereocenters. The van der Waals surface area contributed by atoms with E-state index < -0.39 is 10.0 Å². The van der Waals surface area contributed by atoms with Crippen LogP contribution >= 0.6 is 27.7 Å². The Hall–Kier alpha value is -2.29. The van der Waals surface area contributed by atoms with E-state index in [1.807, 2.05) is 24.3 Å². The van der Waals surface area contributed by atoms with E-state index in [0.29, 0.717) is 5.69 Å². The number of nitrogens with one attached hydrogen (secondary N) is 2.